The highest BCUT2D eigenvalue weighted by atomic mass is 32.2. The Morgan fingerprint density at radius 3 is 2.58 bits per heavy atom. The number of benzene rings is 2. The second kappa shape index (κ2) is 10.4. The molecule has 0 fully saturated rings. The number of thiazole rings is 1. The summed E-state index contributed by atoms with van der Waals surface area (Å²) in [4.78, 5) is 16.6. The zero-order chi connectivity index (χ0) is 22.3. The molecule has 7 nitrogen and oxygen atoms in total. The summed E-state index contributed by atoms with van der Waals surface area (Å²) in [5.74, 6) is 0.726. The molecule has 0 aliphatic heterocycles. The first kappa shape index (κ1) is 22.8. The van der Waals surface area contributed by atoms with Gasteiger partial charge >= 0.3 is 0 Å². The van der Waals surface area contributed by atoms with E-state index in [-0.39, 0.29) is 22.4 Å². The van der Waals surface area contributed by atoms with Gasteiger partial charge in [-0.05, 0) is 43.5 Å². The number of anilines is 1. The molecule has 9 heteroatoms. The molecule has 0 aliphatic rings. The van der Waals surface area contributed by atoms with Gasteiger partial charge in [0.15, 0.2) is 5.13 Å². The maximum atomic E-state index is 12.5. The van der Waals surface area contributed by atoms with Crippen LogP contribution >= 0.6 is 11.3 Å². The summed E-state index contributed by atoms with van der Waals surface area (Å²) in [5.41, 5.74) is 2.69. The van der Waals surface area contributed by atoms with Crippen LogP contribution in [0, 0.1) is 6.92 Å². The number of aryl methyl sites for hydroxylation is 2. The molecule has 0 unspecified atom stereocenters. The van der Waals surface area contributed by atoms with Crippen LogP contribution in [0.2, 0.25) is 0 Å². The molecule has 0 bridgehead atoms. The Bertz CT molecular complexity index is 1130. The van der Waals surface area contributed by atoms with Crippen LogP contribution in [0.25, 0.3) is 0 Å². The summed E-state index contributed by atoms with van der Waals surface area (Å²) in [6.07, 6.45) is 1.39. The maximum Gasteiger partial charge on any atom is 0.263 e. The molecule has 1 heterocycles. The summed E-state index contributed by atoms with van der Waals surface area (Å²) < 4.78 is 32.7. The number of ether oxygens (including phenoxy) is 1. The number of hydrogen-bond acceptors (Lipinski definition) is 6. The average molecular weight is 460 g/mol. The molecular weight excluding hydrogens is 434 g/mol. The van der Waals surface area contributed by atoms with E-state index < -0.39 is 10.0 Å². The lowest BCUT2D eigenvalue weighted by molar-refractivity contribution is -0.121. The third kappa shape index (κ3) is 6.53. The molecule has 31 heavy (non-hydrogen) atoms. The van der Waals surface area contributed by atoms with E-state index in [2.05, 4.69) is 15.0 Å². The first-order valence-corrected chi connectivity index (χ1v) is 12.2. The van der Waals surface area contributed by atoms with Gasteiger partial charge < -0.3 is 10.1 Å². The van der Waals surface area contributed by atoms with E-state index in [1.807, 2.05) is 31.2 Å². The van der Waals surface area contributed by atoms with Crippen molar-refractivity contribution in [2.45, 2.75) is 31.1 Å². The highest BCUT2D eigenvalue weighted by molar-refractivity contribution is 7.93. The van der Waals surface area contributed by atoms with E-state index in [4.69, 9.17) is 4.74 Å². The van der Waals surface area contributed by atoms with E-state index in [1.54, 1.807) is 36.8 Å². The monoisotopic (exact) mass is 459 g/mol. The van der Waals surface area contributed by atoms with Gasteiger partial charge in [0.2, 0.25) is 5.91 Å². The van der Waals surface area contributed by atoms with E-state index in [0.29, 0.717) is 25.1 Å². The molecule has 1 aromatic heterocycles. The summed E-state index contributed by atoms with van der Waals surface area (Å²) in [7, 11) is -2.06. The fraction of sp³-hybridized carbons (Fsp3) is 0.273. The number of rotatable bonds is 10. The van der Waals surface area contributed by atoms with Crippen molar-refractivity contribution in [3.8, 4) is 5.75 Å². The van der Waals surface area contributed by atoms with Gasteiger partial charge in [-0.15, -0.1) is 11.3 Å². The number of carbonyl (C=O) groups excluding carboxylic acids is 1. The van der Waals surface area contributed by atoms with Crippen molar-refractivity contribution in [2.75, 3.05) is 18.4 Å². The van der Waals surface area contributed by atoms with Crippen LogP contribution < -0.4 is 14.8 Å². The molecule has 0 saturated carbocycles. The zero-order valence-corrected chi connectivity index (χ0v) is 19.1. The molecule has 0 spiro atoms. The number of sulfonamides is 1. The Labute approximate surface area is 186 Å². The van der Waals surface area contributed by atoms with Gasteiger partial charge in [-0.1, -0.05) is 35.9 Å². The van der Waals surface area contributed by atoms with Gasteiger partial charge in [0.1, 0.15) is 5.75 Å². The van der Waals surface area contributed by atoms with Crippen molar-refractivity contribution < 1.29 is 17.9 Å². The minimum atomic E-state index is -3.68. The Balaban J connectivity index is 1.46. The number of nitrogens with one attached hydrogen (secondary N) is 2. The van der Waals surface area contributed by atoms with Crippen molar-refractivity contribution in [1.29, 1.82) is 0 Å². The highest BCUT2D eigenvalue weighted by Crippen LogP contribution is 2.21. The van der Waals surface area contributed by atoms with Gasteiger partial charge in [0, 0.05) is 18.3 Å². The van der Waals surface area contributed by atoms with Crippen LogP contribution in [0.1, 0.15) is 23.2 Å². The topological polar surface area (TPSA) is 97.4 Å². The highest BCUT2D eigenvalue weighted by Gasteiger charge is 2.16. The summed E-state index contributed by atoms with van der Waals surface area (Å²) >= 11 is 1.20. The quantitative estimate of drug-likeness (QED) is 0.483. The Hall–Kier alpha value is -2.91. The smallest absolute Gasteiger partial charge is 0.263 e. The Morgan fingerprint density at radius 2 is 1.84 bits per heavy atom. The van der Waals surface area contributed by atoms with Crippen LogP contribution in [0.15, 0.2) is 58.8 Å². The number of amides is 1. The fourth-order valence-electron chi connectivity index (χ4n) is 2.94. The SMILES string of the molecule is COc1ccccc1CCNC(=O)CCc1csc(NS(=O)(=O)c2ccc(C)cc2)n1. The van der Waals surface area contributed by atoms with Crippen LogP contribution in [-0.4, -0.2) is 33.0 Å². The zero-order valence-electron chi connectivity index (χ0n) is 17.4. The molecule has 3 aromatic rings. The van der Waals surface area contributed by atoms with E-state index in [0.717, 1.165) is 16.9 Å². The van der Waals surface area contributed by atoms with Crippen molar-refractivity contribution >= 4 is 32.4 Å². The molecule has 164 valence electrons. The largest absolute Gasteiger partial charge is 0.496 e. The minimum Gasteiger partial charge on any atom is -0.496 e. The van der Waals surface area contributed by atoms with Gasteiger partial charge in [0.25, 0.3) is 10.0 Å². The summed E-state index contributed by atoms with van der Waals surface area (Å²) in [5, 5.41) is 4.94. The Kier molecular flexibility index (Phi) is 7.64. The lowest BCUT2D eigenvalue weighted by Gasteiger charge is -2.09. The molecule has 0 radical (unpaired) electrons. The first-order chi connectivity index (χ1) is 14.9. The van der Waals surface area contributed by atoms with E-state index in [9.17, 15) is 13.2 Å². The van der Waals surface area contributed by atoms with E-state index >= 15 is 0 Å². The predicted octanol–water partition coefficient (Wildman–Crippen LogP) is 3.55. The molecule has 3 rings (SSSR count). The number of hydrogen-bond donors (Lipinski definition) is 2. The first-order valence-electron chi connectivity index (χ1n) is 9.80. The van der Waals surface area contributed by atoms with Gasteiger partial charge in [0.05, 0.1) is 17.7 Å². The molecule has 1 amide bonds. The van der Waals surface area contributed by atoms with Gasteiger partial charge in [-0.3, -0.25) is 9.52 Å². The maximum absolute atomic E-state index is 12.5. The molecular formula is C22H25N3O4S2. The van der Waals surface area contributed by atoms with Crippen molar-refractivity contribution in [2.24, 2.45) is 0 Å². The Morgan fingerprint density at radius 1 is 1.10 bits per heavy atom. The van der Waals surface area contributed by atoms with Gasteiger partial charge in [-0.2, -0.15) is 0 Å². The fourth-order valence-corrected chi connectivity index (χ4v) is 4.93. The standard InChI is InChI=1S/C22H25N3O4S2/c1-16-7-10-19(11-8-16)31(27,28)25-22-24-18(15-30-22)9-12-21(26)23-14-13-17-5-3-4-6-20(17)29-2/h3-8,10-11,15H,9,12-14H2,1-2H3,(H,23,26)(H,24,25). The number of nitrogens with zero attached hydrogens (tertiary/aromatic N) is 1. The number of carbonyl (C=O) groups is 1. The molecule has 2 aromatic carbocycles. The normalized spacial score (nSPS) is 11.2. The third-order valence-electron chi connectivity index (χ3n) is 4.62. The van der Waals surface area contributed by atoms with E-state index in [1.165, 1.54) is 11.3 Å². The van der Waals surface area contributed by atoms with Crippen molar-refractivity contribution in [3.63, 3.8) is 0 Å². The second-order valence-corrected chi connectivity index (χ2v) is 9.51. The molecule has 0 atom stereocenters. The van der Waals surface area contributed by atoms with Crippen LogP contribution in [-0.2, 0) is 27.7 Å². The average Bonchev–Trinajstić information content (AvgIpc) is 3.19. The lowest BCUT2D eigenvalue weighted by Crippen LogP contribution is -2.26. The van der Waals surface area contributed by atoms with Crippen LogP contribution in [0.5, 0.6) is 5.75 Å². The third-order valence-corrected chi connectivity index (χ3v) is 6.91. The molecule has 2 N–H and O–H groups in total. The number of para-hydroxylation sites is 1. The second-order valence-electron chi connectivity index (χ2n) is 6.97. The van der Waals surface area contributed by atoms with Crippen molar-refractivity contribution in [1.82, 2.24) is 10.3 Å². The minimum absolute atomic E-state index is 0.0790. The van der Waals surface area contributed by atoms with Crippen molar-refractivity contribution in [3.05, 3.63) is 70.7 Å². The summed E-state index contributed by atoms with van der Waals surface area (Å²) in [6.45, 7) is 2.41. The van der Waals surface area contributed by atoms with Crippen LogP contribution in [0.3, 0.4) is 0 Å². The summed E-state index contributed by atoms with van der Waals surface area (Å²) in [6, 6.07) is 14.3. The lowest BCUT2D eigenvalue weighted by atomic mass is 10.1. The molecule has 0 aliphatic carbocycles. The predicted molar refractivity (Wildman–Crippen MR) is 122 cm³/mol. The van der Waals surface area contributed by atoms with Gasteiger partial charge in [-0.25, -0.2) is 13.4 Å². The van der Waals surface area contributed by atoms with Crippen LogP contribution in [0.4, 0.5) is 5.13 Å². The number of aromatic nitrogens is 1. The number of methoxy groups -OCH3 is 1. The molecule has 0 saturated heterocycles.